The summed E-state index contributed by atoms with van der Waals surface area (Å²) >= 11 is 0. The van der Waals surface area contributed by atoms with Crippen LogP contribution in [0.3, 0.4) is 0 Å². The first-order valence-corrected chi connectivity index (χ1v) is 6.02. The maximum atomic E-state index is 11.8. The molecule has 4 heteroatoms. The lowest BCUT2D eigenvalue weighted by molar-refractivity contribution is -0.164. The highest BCUT2D eigenvalue weighted by Crippen LogP contribution is 2.29. The van der Waals surface area contributed by atoms with Crippen molar-refractivity contribution in [2.75, 3.05) is 13.1 Å². The third-order valence-corrected chi connectivity index (χ3v) is 3.62. The van der Waals surface area contributed by atoms with Gasteiger partial charge in [-0.3, -0.25) is 4.79 Å². The maximum Gasteiger partial charge on any atom is 0.224 e. The number of rotatable bonds is 4. The fourth-order valence-corrected chi connectivity index (χ4v) is 1.72. The fourth-order valence-electron chi connectivity index (χ4n) is 1.72. The Bertz CT molecular complexity index is 258. The second-order valence-electron chi connectivity index (χ2n) is 5.62. The Morgan fingerprint density at radius 2 is 1.88 bits per heavy atom. The van der Waals surface area contributed by atoms with E-state index < -0.39 is 5.60 Å². The minimum atomic E-state index is -0.683. The van der Waals surface area contributed by atoms with Gasteiger partial charge in [-0.2, -0.15) is 0 Å². The van der Waals surface area contributed by atoms with Crippen LogP contribution >= 0.6 is 0 Å². The zero-order valence-electron chi connectivity index (χ0n) is 10.7. The van der Waals surface area contributed by atoms with Crippen LogP contribution in [0.1, 0.15) is 34.1 Å². The maximum absolute atomic E-state index is 11.8. The molecule has 0 radical (unpaired) electrons. The van der Waals surface area contributed by atoms with Gasteiger partial charge in [0, 0.05) is 12.5 Å². The molecule has 1 fully saturated rings. The van der Waals surface area contributed by atoms with Gasteiger partial charge in [0.05, 0.1) is 13.1 Å². The van der Waals surface area contributed by atoms with Crippen LogP contribution < -0.4 is 5.73 Å². The van der Waals surface area contributed by atoms with E-state index in [0.29, 0.717) is 25.4 Å². The smallest absolute Gasteiger partial charge is 0.224 e. The van der Waals surface area contributed by atoms with Crippen molar-refractivity contribution >= 4 is 5.91 Å². The molecule has 0 aromatic carbocycles. The van der Waals surface area contributed by atoms with Gasteiger partial charge in [0.25, 0.3) is 0 Å². The Labute approximate surface area is 97.8 Å². The number of β-amino-alcohol motifs (C(OH)–C–C–N with tert-alkyl or cyclic N) is 1. The number of hydrogen-bond acceptors (Lipinski definition) is 3. The van der Waals surface area contributed by atoms with Crippen molar-refractivity contribution in [3.63, 3.8) is 0 Å². The molecule has 1 unspecified atom stereocenters. The van der Waals surface area contributed by atoms with E-state index in [1.165, 1.54) is 0 Å². The molecule has 0 aliphatic carbocycles. The van der Waals surface area contributed by atoms with E-state index in [1.54, 1.807) is 4.90 Å². The molecule has 3 N–H and O–H groups in total. The highest BCUT2D eigenvalue weighted by atomic mass is 16.3. The average Bonchev–Trinajstić information content (AvgIpc) is 2.11. The molecular weight excluding hydrogens is 204 g/mol. The quantitative estimate of drug-likeness (QED) is 0.740. The molecule has 16 heavy (non-hydrogen) atoms. The van der Waals surface area contributed by atoms with Crippen molar-refractivity contribution in [2.45, 2.75) is 45.8 Å². The number of amides is 1. The lowest BCUT2D eigenvalue weighted by Gasteiger charge is -2.49. The number of hydrogen-bond donors (Lipinski definition) is 2. The first kappa shape index (κ1) is 13.5. The van der Waals surface area contributed by atoms with Crippen LogP contribution in [0.2, 0.25) is 0 Å². The van der Waals surface area contributed by atoms with Gasteiger partial charge in [-0.05, 0) is 11.8 Å². The molecule has 1 aliphatic heterocycles. The van der Waals surface area contributed by atoms with E-state index in [9.17, 15) is 9.90 Å². The van der Waals surface area contributed by atoms with Gasteiger partial charge in [-0.25, -0.2) is 0 Å². The van der Waals surface area contributed by atoms with E-state index in [0.717, 1.165) is 0 Å². The van der Waals surface area contributed by atoms with Crippen molar-refractivity contribution in [3.05, 3.63) is 0 Å². The summed E-state index contributed by atoms with van der Waals surface area (Å²) in [5.74, 6) is 0.566. The second-order valence-corrected chi connectivity index (χ2v) is 5.62. The Morgan fingerprint density at radius 3 is 2.25 bits per heavy atom. The number of likely N-dealkylation sites (tertiary alicyclic amines) is 1. The summed E-state index contributed by atoms with van der Waals surface area (Å²) in [6, 6.07) is -0.0831. The third-order valence-electron chi connectivity index (χ3n) is 3.62. The van der Waals surface area contributed by atoms with Gasteiger partial charge in [-0.1, -0.05) is 27.7 Å². The summed E-state index contributed by atoms with van der Waals surface area (Å²) < 4.78 is 0. The molecular formula is C12H24N2O2. The van der Waals surface area contributed by atoms with Gasteiger partial charge < -0.3 is 15.7 Å². The monoisotopic (exact) mass is 228 g/mol. The molecule has 1 saturated heterocycles. The lowest BCUT2D eigenvalue weighted by atomic mass is 9.82. The summed E-state index contributed by atoms with van der Waals surface area (Å²) in [5, 5.41) is 10.0. The molecule has 94 valence electrons. The molecule has 0 aromatic rings. The van der Waals surface area contributed by atoms with Crippen LogP contribution in [-0.4, -0.2) is 40.6 Å². The zero-order valence-corrected chi connectivity index (χ0v) is 10.7. The van der Waals surface area contributed by atoms with Crippen LogP contribution in [0.15, 0.2) is 0 Å². The lowest BCUT2D eigenvalue weighted by Crippen LogP contribution is -2.66. The number of nitrogens with zero attached hydrogens (tertiary/aromatic N) is 1. The second kappa shape index (κ2) is 4.72. The zero-order chi connectivity index (χ0) is 12.5. The normalized spacial score (nSPS) is 21.1. The number of aliphatic hydroxyl groups is 1. The SMILES string of the molecule is CC(C)C(N)CC(=O)N1CC(O)(C(C)C)C1. The predicted molar refractivity (Wildman–Crippen MR) is 63.8 cm³/mol. The third kappa shape index (κ3) is 2.74. The topological polar surface area (TPSA) is 66.6 Å². The molecule has 1 aliphatic rings. The molecule has 1 heterocycles. The minimum Gasteiger partial charge on any atom is -0.386 e. The van der Waals surface area contributed by atoms with E-state index >= 15 is 0 Å². The first-order chi connectivity index (χ1) is 7.26. The minimum absolute atomic E-state index is 0.0616. The summed E-state index contributed by atoms with van der Waals surface area (Å²) in [6.07, 6.45) is 0.381. The molecule has 4 nitrogen and oxygen atoms in total. The Balaban J connectivity index is 2.38. The standard InChI is InChI=1S/C12H24N2O2/c1-8(2)10(13)5-11(15)14-6-12(16,7-14)9(3)4/h8-10,16H,5-7,13H2,1-4H3. The van der Waals surface area contributed by atoms with Crippen LogP contribution in [0.25, 0.3) is 0 Å². The van der Waals surface area contributed by atoms with Crippen molar-refractivity contribution in [3.8, 4) is 0 Å². The van der Waals surface area contributed by atoms with Crippen LogP contribution in [0.4, 0.5) is 0 Å². The Kier molecular flexibility index (Phi) is 3.97. The van der Waals surface area contributed by atoms with Crippen molar-refractivity contribution in [1.82, 2.24) is 4.90 Å². The van der Waals surface area contributed by atoms with Crippen LogP contribution in [0, 0.1) is 11.8 Å². The van der Waals surface area contributed by atoms with E-state index in [2.05, 4.69) is 0 Å². The van der Waals surface area contributed by atoms with Crippen molar-refractivity contribution in [2.24, 2.45) is 17.6 Å². The summed E-state index contributed by atoms with van der Waals surface area (Å²) in [6.45, 7) is 8.88. The molecule has 1 amide bonds. The highest BCUT2D eigenvalue weighted by Gasteiger charge is 2.45. The van der Waals surface area contributed by atoms with Gasteiger partial charge in [-0.15, -0.1) is 0 Å². The molecule has 1 atom stereocenters. The summed E-state index contributed by atoms with van der Waals surface area (Å²) in [7, 11) is 0. The van der Waals surface area contributed by atoms with Crippen molar-refractivity contribution < 1.29 is 9.90 Å². The van der Waals surface area contributed by atoms with E-state index in [-0.39, 0.29) is 17.9 Å². The number of carbonyl (C=O) groups is 1. The molecule has 0 spiro atoms. The molecule has 0 saturated carbocycles. The van der Waals surface area contributed by atoms with Crippen LogP contribution in [0.5, 0.6) is 0 Å². The van der Waals surface area contributed by atoms with Gasteiger partial charge in [0.1, 0.15) is 5.60 Å². The predicted octanol–water partition coefficient (Wildman–Crippen LogP) is 0.589. The molecule has 0 bridgehead atoms. The Hall–Kier alpha value is -0.610. The van der Waals surface area contributed by atoms with Gasteiger partial charge in [0.2, 0.25) is 5.91 Å². The number of carbonyl (C=O) groups excluding carboxylic acids is 1. The van der Waals surface area contributed by atoms with Gasteiger partial charge in [0.15, 0.2) is 0 Å². The first-order valence-electron chi connectivity index (χ1n) is 6.02. The fraction of sp³-hybridized carbons (Fsp3) is 0.917. The molecule has 0 aromatic heterocycles. The number of nitrogens with two attached hydrogens (primary N) is 1. The highest BCUT2D eigenvalue weighted by molar-refractivity contribution is 5.78. The average molecular weight is 228 g/mol. The van der Waals surface area contributed by atoms with Gasteiger partial charge >= 0.3 is 0 Å². The summed E-state index contributed by atoms with van der Waals surface area (Å²) in [4.78, 5) is 13.5. The molecule has 1 rings (SSSR count). The van der Waals surface area contributed by atoms with Crippen LogP contribution in [-0.2, 0) is 4.79 Å². The van der Waals surface area contributed by atoms with Crippen molar-refractivity contribution in [1.29, 1.82) is 0 Å². The van der Waals surface area contributed by atoms with E-state index in [1.807, 2.05) is 27.7 Å². The Morgan fingerprint density at radius 1 is 1.38 bits per heavy atom. The largest absolute Gasteiger partial charge is 0.386 e. The van der Waals surface area contributed by atoms with E-state index in [4.69, 9.17) is 5.73 Å². The summed E-state index contributed by atoms with van der Waals surface area (Å²) in [5.41, 5.74) is 5.17.